The lowest BCUT2D eigenvalue weighted by atomic mass is 9.90. The lowest BCUT2D eigenvalue weighted by Crippen LogP contribution is -2.57. The maximum Gasteiger partial charge on any atom is 0.245 e. The molecule has 4 nitrogen and oxygen atoms in total. The Labute approximate surface area is 170 Å². The van der Waals surface area contributed by atoms with Crippen LogP contribution in [0.25, 0.3) is 0 Å². The SMILES string of the molecule is CCCN(C1CCCCC1)[C@H](C(=O)NC1CCCCC1)C(=O)c1ccccc1. The standard InChI is InChI=1S/C24H36N2O2/c1-2-18-26(21-16-10-5-11-17-21)22(23(27)19-12-6-3-7-13-19)24(28)25-20-14-8-4-9-15-20/h3,6-7,12-13,20-22H,2,4-5,8-11,14-18H2,1H3,(H,25,28)/t22-/m0/s1. The monoisotopic (exact) mass is 384 g/mol. The van der Waals surface area contributed by atoms with Gasteiger partial charge in [-0.15, -0.1) is 0 Å². The topological polar surface area (TPSA) is 49.4 Å². The summed E-state index contributed by atoms with van der Waals surface area (Å²) in [6.45, 7) is 2.94. The van der Waals surface area contributed by atoms with Crippen molar-refractivity contribution in [1.29, 1.82) is 0 Å². The van der Waals surface area contributed by atoms with E-state index in [-0.39, 0.29) is 17.7 Å². The number of benzene rings is 1. The van der Waals surface area contributed by atoms with Gasteiger partial charge in [0.25, 0.3) is 0 Å². The predicted molar refractivity (Wildman–Crippen MR) is 113 cm³/mol. The van der Waals surface area contributed by atoms with Gasteiger partial charge in [0, 0.05) is 17.6 Å². The smallest absolute Gasteiger partial charge is 0.245 e. The summed E-state index contributed by atoms with van der Waals surface area (Å²) >= 11 is 0. The van der Waals surface area contributed by atoms with Crippen molar-refractivity contribution in [3.05, 3.63) is 35.9 Å². The minimum atomic E-state index is -0.702. The van der Waals surface area contributed by atoms with Gasteiger partial charge in [-0.05, 0) is 38.6 Å². The van der Waals surface area contributed by atoms with E-state index in [2.05, 4.69) is 17.1 Å². The van der Waals surface area contributed by atoms with E-state index in [4.69, 9.17) is 0 Å². The van der Waals surface area contributed by atoms with E-state index < -0.39 is 6.04 Å². The number of nitrogens with zero attached hydrogens (tertiary/aromatic N) is 1. The van der Waals surface area contributed by atoms with Crippen LogP contribution in [0.1, 0.15) is 87.9 Å². The number of nitrogens with one attached hydrogen (secondary N) is 1. The van der Waals surface area contributed by atoms with E-state index in [1.165, 1.54) is 38.5 Å². The number of ketones is 1. The molecule has 0 radical (unpaired) electrons. The Kier molecular flexibility index (Phi) is 8.08. The zero-order valence-electron chi connectivity index (χ0n) is 17.4. The first-order chi connectivity index (χ1) is 13.7. The molecule has 154 valence electrons. The lowest BCUT2D eigenvalue weighted by Gasteiger charge is -2.39. The van der Waals surface area contributed by atoms with Crippen LogP contribution in [0.15, 0.2) is 30.3 Å². The third-order valence-corrected chi connectivity index (χ3v) is 6.36. The van der Waals surface area contributed by atoms with Crippen LogP contribution in [-0.4, -0.2) is 41.3 Å². The predicted octanol–water partition coefficient (Wildman–Crippen LogP) is 4.73. The van der Waals surface area contributed by atoms with Gasteiger partial charge < -0.3 is 5.32 Å². The molecule has 0 aliphatic heterocycles. The van der Waals surface area contributed by atoms with Crippen molar-refractivity contribution in [2.45, 2.75) is 95.7 Å². The molecular formula is C24H36N2O2. The number of carbonyl (C=O) groups is 2. The first-order valence-electron chi connectivity index (χ1n) is 11.4. The largest absolute Gasteiger partial charge is 0.352 e. The number of amides is 1. The van der Waals surface area contributed by atoms with Gasteiger partial charge >= 0.3 is 0 Å². The molecule has 4 heteroatoms. The Bertz CT molecular complexity index is 619. The zero-order valence-corrected chi connectivity index (χ0v) is 17.4. The summed E-state index contributed by atoms with van der Waals surface area (Å²) in [5.74, 6) is -0.132. The van der Waals surface area contributed by atoms with Crippen molar-refractivity contribution in [3.63, 3.8) is 0 Å². The Morgan fingerprint density at radius 2 is 1.57 bits per heavy atom. The third kappa shape index (κ3) is 5.44. The molecular weight excluding hydrogens is 348 g/mol. The van der Waals surface area contributed by atoms with Crippen molar-refractivity contribution >= 4 is 11.7 Å². The molecule has 1 amide bonds. The molecule has 1 aromatic rings. The van der Waals surface area contributed by atoms with E-state index in [1.54, 1.807) is 0 Å². The maximum atomic E-state index is 13.5. The summed E-state index contributed by atoms with van der Waals surface area (Å²) in [7, 11) is 0. The number of hydrogen-bond acceptors (Lipinski definition) is 3. The van der Waals surface area contributed by atoms with Crippen molar-refractivity contribution in [2.24, 2.45) is 0 Å². The van der Waals surface area contributed by atoms with Gasteiger partial charge in [-0.2, -0.15) is 0 Å². The van der Waals surface area contributed by atoms with Crippen molar-refractivity contribution in [3.8, 4) is 0 Å². The van der Waals surface area contributed by atoms with E-state index in [9.17, 15) is 9.59 Å². The van der Waals surface area contributed by atoms with Crippen LogP contribution in [0.5, 0.6) is 0 Å². The Hall–Kier alpha value is -1.68. The second-order valence-electron chi connectivity index (χ2n) is 8.51. The van der Waals surface area contributed by atoms with Crippen LogP contribution < -0.4 is 5.32 Å². The highest BCUT2D eigenvalue weighted by Crippen LogP contribution is 2.26. The normalized spacial score (nSPS) is 20.1. The van der Waals surface area contributed by atoms with Gasteiger partial charge in [0.2, 0.25) is 5.91 Å². The second kappa shape index (κ2) is 10.8. The average molecular weight is 385 g/mol. The molecule has 0 aromatic heterocycles. The summed E-state index contributed by atoms with van der Waals surface area (Å²) in [6.07, 6.45) is 12.5. The highest BCUT2D eigenvalue weighted by molar-refractivity contribution is 6.13. The van der Waals surface area contributed by atoms with Crippen LogP contribution in [0.3, 0.4) is 0 Å². The van der Waals surface area contributed by atoms with Gasteiger partial charge in [0.05, 0.1) is 0 Å². The molecule has 28 heavy (non-hydrogen) atoms. The second-order valence-corrected chi connectivity index (χ2v) is 8.51. The molecule has 0 saturated heterocycles. The minimum absolute atomic E-state index is 0.0482. The van der Waals surface area contributed by atoms with Crippen LogP contribution >= 0.6 is 0 Å². The van der Waals surface area contributed by atoms with Gasteiger partial charge in [-0.3, -0.25) is 14.5 Å². The summed E-state index contributed by atoms with van der Waals surface area (Å²) in [5.41, 5.74) is 0.642. The van der Waals surface area contributed by atoms with Gasteiger partial charge in [0.15, 0.2) is 11.8 Å². The van der Waals surface area contributed by atoms with Crippen LogP contribution in [0.4, 0.5) is 0 Å². The molecule has 0 unspecified atom stereocenters. The minimum Gasteiger partial charge on any atom is -0.352 e. The number of rotatable bonds is 8. The average Bonchev–Trinajstić information content (AvgIpc) is 2.75. The van der Waals surface area contributed by atoms with Crippen molar-refractivity contribution < 1.29 is 9.59 Å². The molecule has 2 saturated carbocycles. The number of carbonyl (C=O) groups excluding carboxylic acids is 2. The zero-order chi connectivity index (χ0) is 19.8. The molecule has 1 N–H and O–H groups in total. The van der Waals surface area contributed by atoms with E-state index in [0.29, 0.717) is 11.6 Å². The highest BCUT2D eigenvalue weighted by atomic mass is 16.2. The Balaban J connectivity index is 1.84. The molecule has 2 fully saturated rings. The fourth-order valence-electron chi connectivity index (χ4n) is 4.90. The quantitative estimate of drug-likeness (QED) is 0.521. The molecule has 1 atom stereocenters. The van der Waals surface area contributed by atoms with E-state index >= 15 is 0 Å². The van der Waals surface area contributed by atoms with E-state index in [1.807, 2.05) is 30.3 Å². The van der Waals surface area contributed by atoms with Gasteiger partial charge in [-0.1, -0.05) is 75.8 Å². The molecule has 3 rings (SSSR count). The van der Waals surface area contributed by atoms with Crippen LogP contribution in [0, 0.1) is 0 Å². The molecule has 0 bridgehead atoms. The summed E-state index contributed by atoms with van der Waals surface area (Å²) in [4.78, 5) is 29.1. The maximum absolute atomic E-state index is 13.5. The highest BCUT2D eigenvalue weighted by Gasteiger charge is 2.38. The molecule has 1 aromatic carbocycles. The summed E-state index contributed by atoms with van der Waals surface area (Å²) < 4.78 is 0. The Morgan fingerprint density at radius 1 is 0.964 bits per heavy atom. The van der Waals surface area contributed by atoms with Gasteiger partial charge in [-0.25, -0.2) is 0 Å². The number of hydrogen-bond donors (Lipinski definition) is 1. The molecule has 2 aliphatic carbocycles. The lowest BCUT2D eigenvalue weighted by molar-refractivity contribution is -0.126. The Morgan fingerprint density at radius 3 is 2.18 bits per heavy atom. The van der Waals surface area contributed by atoms with E-state index in [0.717, 1.165) is 38.6 Å². The van der Waals surface area contributed by atoms with Crippen LogP contribution in [0.2, 0.25) is 0 Å². The van der Waals surface area contributed by atoms with Gasteiger partial charge in [0.1, 0.15) is 0 Å². The fourth-order valence-corrected chi connectivity index (χ4v) is 4.90. The van der Waals surface area contributed by atoms with Crippen molar-refractivity contribution in [1.82, 2.24) is 10.2 Å². The fraction of sp³-hybridized carbons (Fsp3) is 0.667. The first-order valence-corrected chi connectivity index (χ1v) is 11.4. The first kappa shape index (κ1) is 21.0. The van der Waals surface area contributed by atoms with Crippen LogP contribution in [-0.2, 0) is 4.79 Å². The third-order valence-electron chi connectivity index (χ3n) is 6.36. The summed E-state index contributed by atoms with van der Waals surface area (Å²) in [6, 6.07) is 9.22. The summed E-state index contributed by atoms with van der Waals surface area (Å²) in [5, 5.41) is 3.25. The van der Waals surface area contributed by atoms with Crippen molar-refractivity contribution in [2.75, 3.05) is 6.54 Å². The molecule has 0 heterocycles. The molecule has 2 aliphatic rings. The molecule has 0 spiro atoms. The number of Topliss-reactive ketones (excluding diaryl/α,β-unsaturated/α-hetero) is 1.